The molecule has 0 bridgehead atoms. The summed E-state index contributed by atoms with van der Waals surface area (Å²) in [6, 6.07) is 5.20. The largest absolute Gasteiger partial charge is 0.396 e. The number of amides is 1. The Balaban J connectivity index is 2.35. The van der Waals surface area contributed by atoms with Gasteiger partial charge in [-0.25, -0.2) is 0 Å². The quantitative estimate of drug-likeness (QED) is 0.869. The van der Waals surface area contributed by atoms with Crippen molar-refractivity contribution in [3.05, 3.63) is 28.2 Å². The molecule has 1 aliphatic rings. The maximum atomic E-state index is 11.9. The summed E-state index contributed by atoms with van der Waals surface area (Å²) in [6.45, 7) is 2.00. The van der Waals surface area contributed by atoms with E-state index in [1.807, 2.05) is 0 Å². The second-order valence-electron chi connectivity index (χ2n) is 4.48. The summed E-state index contributed by atoms with van der Waals surface area (Å²) in [5.41, 5.74) is 1.28. The van der Waals surface area contributed by atoms with E-state index >= 15 is 0 Å². The molecule has 96 valence electrons. The van der Waals surface area contributed by atoms with Gasteiger partial charge in [0, 0.05) is 35.5 Å². The van der Waals surface area contributed by atoms with Crippen LogP contribution in [0.15, 0.2) is 22.7 Å². The van der Waals surface area contributed by atoms with Gasteiger partial charge in [-0.3, -0.25) is 9.59 Å². The Morgan fingerprint density at radius 3 is 2.83 bits per heavy atom. The van der Waals surface area contributed by atoms with Crippen molar-refractivity contribution in [2.75, 3.05) is 18.1 Å². The predicted molar refractivity (Wildman–Crippen MR) is 71.7 cm³/mol. The molecule has 1 fully saturated rings. The van der Waals surface area contributed by atoms with E-state index in [4.69, 9.17) is 5.11 Å². The van der Waals surface area contributed by atoms with Crippen molar-refractivity contribution in [1.29, 1.82) is 0 Å². The Kier molecular flexibility index (Phi) is 3.82. The van der Waals surface area contributed by atoms with Crippen molar-refractivity contribution < 1.29 is 14.7 Å². The average molecular weight is 312 g/mol. The molecule has 0 saturated carbocycles. The van der Waals surface area contributed by atoms with E-state index in [9.17, 15) is 9.59 Å². The van der Waals surface area contributed by atoms with Gasteiger partial charge in [0.1, 0.15) is 0 Å². The fourth-order valence-corrected chi connectivity index (χ4v) is 2.54. The molecule has 1 N–H and O–H groups in total. The summed E-state index contributed by atoms with van der Waals surface area (Å²) in [6.07, 6.45) is 0.354. The minimum absolute atomic E-state index is 0.00621. The van der Waals surface area contributed by atoms with Crippen LogP contribution in [-0.2, 0) is 4.79 Å². The second kappa shape index (κ2) is 5.20. The predicted octanol–water partition coefficient (Wildman–Crippen LogP) is 2.00. The van der Waals surface area contributed by atoms with Crippen molar-refractivity contribution in [3.8, 4) is 0 Å². The lowest BCUT2D eigenvalue weighted by Crippen LogP contribution is -2.25. The van der Waals surface area contributed by atoms with Crippen molar-refractivity contribution in [2.24, 2.45) is 5.92 Å². The smallest absolute Gasteiger partial charge is 0.227 e. The first-order valence-corrected chi connectivity index (χ1v) is 6.54. The molecule has 1 aromatic carbocycles. The number of aliphatic hydroxyl groups excluding tert-OH is 1. The number of hydrogen-bond donors (Lipinski definition) is 1. The number of carbonyl (C=O) groups is 2. The Hall–Kier alpha value is -1.20. The van der Waals surface area contributed by atoms with E-state index < -0.39 is 0 Å². The molecular formula is C13H14BrNO3. The lowest BCUT2D eigenvalue weighted by atomic mass is 10.1. The molecule has 1 saturated heterocycles. The van der Waals surface area contributed by atoms with Gasteiger partial charge < -0.3 is 10.0 Å². The second-order valence-corrected chi connectivity index (χ2v) is 5.33. The third-order valence-electron chi connectivity index (χ3n) is 3.11. The van der Waals surface area contributed by atoms with E-state index in [2.05, 4.69) is 15.9 Å². The lowest BCUT2D eigenvalue weighted by Gasteiger charge is -2.18. The van der Waals surface area contributed by atoms with Crippen LogP contribution in [0, 0.1) is 5.92 Å². The number of anilines is 1. The molecule has 1 atom stereocenters. The van der Waals surface area contributed by atoms with Crippen molar-refractivity contribution in [2.45, 2.75) is 13.3 Å². The Morgan fingerprint density at radius 2 is 2.28 bits per heavy atom. The fourth-order valence-electron chi connectivity index (χ4n) is 2.08. The van der Waals surface area contributed by atoms with Gasteiger partial charge in [-0.05, 0) is 35.0 Å². The van der Waals surface area contributed by atoms with Crippen LogP contribution in [0.4, 0.5) is 5.69 Å². The molecule has 1 unspecified atom stereocenters. The molecule has 0 radical (unpaired) electrons. The summed E-state index contributed by atoms with van der Waals surface area (Å²) in [4.78, 5) is 24.9. The van der Waals surface area contributed by atoms with E-state index in [1.54, 1.807) is 23.1 Å². The molecule has 2 rings (SSSR count). The normalized spacial score (nSPS) is 19.4. The highest BCUT2D eigenvalue weighted by Gasteiger charge is 2.31. The molecular weight excluding hydrogens is 298 g/mol. The Labute approximate surface area is 114 Å². The number of rotatable bonds is 3. The third kappa shape index (κ3) is 2.47. The van der Waals surface area contributed by atoms with Gasteiger partial charge >= 0.3 is 0 Å². The number of carbonyl (C=O) groups excluding carboxylic acids is 2. The molecule has 0 aliphatic carbocycles. The third-order valence-corrected chi connectivity index (χ3v) is 3.78. The monoisotopic (exact) mass is 311 g/mol. The van der Waals surface area contributed by atoms with Crippen LogP contribution < -0.4 is 4.90 Å². The first-order chi connectivity index (χ1) is 8.52. The van der Waals surface area contributed by atoms with E-state index in [1.165, 1.54) is 6.92 Å². The van der Waals surface area contributed by atoms with Crippen molar-refractivity contribution in [3.63, 3.8) is 0 Å². The maximum absolute atomic E-state index is 11.9. The van der Waals surface area contributed by atoms with Gasteiger partial charge in [-0.2, -0.15) is 0 Å². The molecule has 1 heterocycles. The van der Waals surface area contributed by atoms with Gasteiger partial charge in [0.05, 0.1) is 5.69 Å². The summed E-state index contributed by atoms with van der Waals surface area (Å²) < 4.78 is 0.777. The van der Waals surface area contributed by atoms with Crippen LogP contribution in [0.1, 0.15) is 23.7 Å². The summed E-state index contributed by atoms with van der Waals surface area (Å²) in [5, 5.41) is 9.12. The van der Waals surface area contributed by atoms with Gasteiger partial charge in [0.2, 0.25) is 5.91 Å². The molecule has 0 aromatic heterocycles. The van der Waals surface area contributed by atoms with Crippen LogP contribution in [0.2, 0.25) is 0 Å². The minimum atomic E-state index is -0.0332. The molecule has 5 heteroatoms. The highest BCUT2D eigenvalue weighted by molar-refractivity contribution is 9.10. The molecule has 0 spiro atoms. The Morgan fingerprint density at radius 1 is 1.56 bits per heavy atom. The van der Waals surface area contributed by atoms with Crippen LogP contribution in [-0.4, -0.2) is 29.9 Å². The van der Waals surface area contributed by atoms with Gasteiger partial charge in [-0.1, -0.05) is 6.07 Å². The highest BCUT2D eigenvalue weighted by Crippen LogP contribution is 2.32. The maximum Gasteiger partial charge on any atom is 0.227 e. The van der Waals surface area contributed by atoms with Crippen LogP contribution >= 0.6 is 15.9 Å². The number of nitrogens with zero attached hydrogens (tertiary/aromatic N) is 1. The summed E-state index contributed by atoms with van der Waals surface area (Å²) in [7, 11) is 0. The highest BCUT2D eigenvalue weighted by atomic mass is 79.9. The van der Waals surface area contributed by atoms with Gasteiger partial charge in [-0.15, -0.1) is 0 Å². The summed E-state index contributed by atoms with van der Waals surface area (Å²) >= 11 is 3.39. The Bertz CT molecular complexity index is 501. The number of hydrogen-bond acceptors (Lipinski definition) is 3. The molecule has 1 amide bonds. The standard InChI is InChI=1S/C13H14BrNO3/c1-8(17)10-2-3-11(14)12(5-10)15-6-9(7-16)4-13(15)18/h2-3,5,9,16H,4,6-7H2,1H3. The minimum Gasteiger partial charge on any atom is -0.396 e. The van der Waals surface area contributed by atoms with E-state index in [0.717, 1.165) is 4.47 Å². The number of halogens is 1. The zero-order valence-electron chi connectivity index (χ0n) is 10.0. The van der Waals surface area contributed by atoms with Crippen LogP contribution in [0.25, 0.3) is 0 Å². The van der Waals surface area contributed by atoms with Crippen molar-refractivity contribution >= 4 is 33.3 Å². The first-order valence-electron chi connectivity index (χ1n) is 5.74. The zero-order chi connectivity index (χ0) is 13.3. The number of Topliss-reactive ketones (excluding diaryl/α,β-unsaturated/α-hetero) is 1. The van der Waals surface area contributed by atoms with Crippen LogP contribution in [0.5, 0.6) is 0 Å². The van der Waals surface area contributed by atoms with E-state index in [0.29, 0.717) is 24.2 Å². The average Bonchev–Trinajstić information content (AvgIpc) is 2.71. The summed E-state index contributed by atoms with van der Waals surface area (Å²) in [5.74, 6) is -0.0741. The first kappa shape index (κ1) is 13.2. The van der Waals surface area contributed by atoms with Crippen molar-refractivity contribution in [1.82, 2.24) is 0 Å². The SMILES string of the molecule is CC(=O)c1ccc(Br)c(N2CC(CO)CC2=O)c1. The van der Waals surface area contributed by atoms with Gasteiger partial charge in [0.25, 0.3) is 0 Å². The molecule has 1 aromatic rings. The lowest BCUT2D eigenvalue weighted by molar-refractivity contribution is -0.117. The fraction of sp³-hybridized carbons (Fsp3) is 0.385. The topological polar surface area (TPSA) is 57.6 Å². The van der Waals surface area contributed by atoms with Crippen LogP contribution in [0.3, 0.4) is 0 Å². The van der Waals surface area contributed by atoms with E-state index in [-0.39, 0.29) is 24.2 Å². The molecule has 18 heavy (non-hydrogen) atoms. The molecule has 1 aliphatic heterocycles. The van der Waals surface area contributed by atoms with Gasteiger partial charge in [0.15, 0.2) is 5.78 Å². The number of benzene rings is 1. The number of ketones is 1. The molecule has 4 nitrogen and oxygen atoms in total. The zero-order valence-corrected chi connectivity index (χ0v) is 11.6. The number of aliphatic hydroxyl groups is 1.